The summed E-state index contributed by atoms with van der Waals surface area (Å²) in [7, 11) is 0. The molecule has 0 spiro atoms. The molecule has 0 aliphatic carbocycles. The third-order valence-electron chi connectivity index (χ3n) is 4.67. The summed E-state index contributed by atoms with van der Waals surface area (Å²) in [5.74, 6) is -0.230. The van der Waals surface area contributed by atoms with Crippen molar-refractivity contribution in [3.63, 3.8) is 0 Å². The third kappa shape index (κ3) is 4.26. The standard InChI is InChI=1S/C21H16I2N2O4S2/c1-3-29-20(28)16-10(2)24-21-25(17(16)14-5-4-6-30-14)19(27)15(31-21)9-11-7-12(22)18(26)13(23)8-11/h4-9,17,26H,3H2,1-2H3/b15-9-/t17-/m0/s1. The van der Waals surface area contributed by atoms with Gasteiger partial charge in [0.2, 0.25) is 0 Å². The van der Waals surface area contributed by atoms with Crippen LogP contribution in [0.1, 0.15) is 30.3 Å². The Morgan fingerprint density at radius 3 is 2.68 bits per heavy atom. The van der Waals surface area contributed by atoms with Gasteiger partial charge in [0.05, 0.1) is 29.5 Å². The van der Waals surface area contributed by atoms with Gasteiger partial charge in [0, 0.05) is 4.88 Å². The van der Waals surface area contributed by atoms with E-state index < -0.39 is 12.0 Å². The summed E-state index contributed by atoms with van der Waals surface area (Å²) in [6.45, 7) is 3.77. The molecular formula is C21H16I2N2O4S2. The number of phenols is 1. The number of ether oxygens (including phenoxy) is 1. The molecule has 2 aromatic heterocycles. The van der Waals surface area contributed by atoms with Gasteiger partial charge in [-0.1, -0.05) is 17.4 Å². The Kier molecular flexibility index (Phi) is 6.70. The molecule has 31 heavy (non-hydrogen) atoms. The van der Waals surface area contributed by atoms with Crippen LogP contribution in [0, 0.1) is 7.14 Å². The number of aromatic hydroxyl groups is 1. The number of aromatic nitrogens is 1. The fourth-order valence-electron chi connectivity index (χ4n) is 3.33. The first-order chi connectivity index (χ1) is 14.8. The molecule has 0 bridgehead atoms. The van der Waals surface area contributed by atoms with Crippen LogP contribution in [-0.2, 0) is 9.53 Å². The molecule has 3 aromatic rings. The number of thiophene rings is 1. The minimum atomic E-state index is -0.572. The van der Waals surface area contributed by atoms with E-state index in [0.29, 0.717) is 27.7 Å². The number of rotatable bonds is 4. The van der Waals surface area contributed by atoms with E-state index in [9.17, 15) is 14.7 Å². The first-order valence-corrected chi connectivity index (χ1v) is 13.1. The summed E-state index contributed by atoms with van der Waals surface area (Å²) < 4.78 is 8.79. The first kappa shape index (κ1) is 22.7. The Labute approximate surface area is 212 Å². The lowest BCUT2D eigenvalue weighted by molar-refractivity contribution is -0.139. The van der Waals surface area contributed by atoms with Crippen LogP contribution in [0.4, 0.5) is 0 Å². The number of thiazole rings is 1. The topological polar surface area (TPSA) is 80.9 Å². The maximum absolute atomic E-state index is 13.5. The van der Waals surface area contributed by atoms with Crippen molar-refractivity contribution in [2.45, 2.75) is 19.9 Å². The molecule has 0 amide bonds. The molecule has 1 N–H and O–H groups in total. The summed E-state index contributed by atoms with van der Waals surface area (Å²) in [6.07, 6.45) is 1.79. The molecule has 3 heterocycles. The maximum Gasteiger partial charge on any atom is 0.338 e. The second-order valence-corrected chi connectivity index (χ2v) is 11.0. The fraction of sp³-hybridized carbons (Fsp3) is 0.190. The zero-order valence-electron chi connectivity index (χ0n) is 16.4. The third-order valence-corrected chi connectivity index (χ3v) is 8.22. The highest BCUT2D eigenvalue weighted by Gasteiger charge is 2.33. The van der Waals surface area contributed by atoms with Crippen LogP contribution >= 0.6 is 67.9 Å². The molecule has 0 saturated carbocycles. The lowest BCUT2D eigenvalue weighted by Crippen LogP contribution is -2.39. The van der Waals surface area contributed by atoms with E-state index in [0.717, 1.165) is 10.4 Å². The van der Waals surface area contributed by atoms with Gasteiger partial charge in [0.1, 0.15) is 11.8 Å². The van der Waals surface area contributed by atoms with E-state index in [4.69, 9.17) is 4.74 Å². The lowest BCUT2D eigenvalue weighted by Gasteiger charge is -2.23. The molecule has 6 nitrogen and oxygen atoms in total. The Morgan fingerprint density at radius 1 is 1.35 bits per heavy atom. The second kappa shape index (κ2) is 9.16. The van der Waals surface area contributed by atoms with Crippen molar-refractivity contribution in [2.24, 2.45) is 4.99 Å². The Bertz CT molecular complexity index is 1360. The van der Waals surface area contributed by atoms with Gasteiger partial charge in [-0.25, -0.2) is 9.79 Å². The Balaban J connectivity index is 1.94. The van der Waals surface area contributed by atoms with E-state index in [1.807, 2.05) is 29.6 Å². The molecule has 1 aliphatic rings. The molecule has 0 unspecified atom stereocenters. The van der Waals surface area contributed by atoms with E-state index in [1.165, 1.54) is 22.7 Å². The highest BCUT2D eigenvalue weighted by atomic mass is 127. The number of hydrogen-bond donors (Lipinski definition) is 1. The number of benzene rings is 1. The van der Waals surface area contributed by atoms with Crippen molar-refractivity contribution in [2.75, 3.05) is 6.61 Å². The van der Waals surface area contributed by atoms with Crippen LogP contribution < -0.4 is 14.9 Å². The van der Waals surface area contributed by atoms with Gasteiger partial charge in [0.15, 0.2) is 4.80 Å². The van der Waals surface area contributed by atoms with Crippen LogP contribution in [0.15, 0.2) is 50.7 Å². The number of phenolic OH excluding ortho intramolecular Hbond substituents is 1. The summed E-state index contributed by atoms with van der Waals surface area (Å²) in [5.41, 5.74) is 1.54. The van der Waals surface area contributed by atoms with Gasteiger partial charge in [-0.05, 0) is 94.2 Å². The average molecular weight is 678 g/mol. The van der Waals surface area contributed by atoms with Gasteiger partial charge >= 0.3 is 5.97 Å². The zero-order chi connectivity index (χ0) is 22.3. The van der Waals surface area contributed by atoms with E-state index in [2.05, 4.69) is 50.2 Å². The van der Waals surface area contributed by atoms with Gasteiger partial charge in [-0.2, -0.15) is 0 Å². The summed E-state index contributed by atoms with van der Waals surface area (Å²) in [4.78, 5) is 32.2. The summed E-state index contributed by atoms with van der Waals surface area (Å²) in [6, 6.07) is 6.88. The normalized spacial score (nSPS) is 16.3. The van der Waals surface area contributed by atoms with E-state index in [1.54, 1.807) is 24.5 Å². The maximum atomic E-state index is 13.5. The molecule has 0 saturated heterocycles. The second-order valence-electron chi connectivity index (χ2n) is 6.65. The molecule has 1 atom stereocenters. The Morgan fingerprint density at radius 2 is 2.06 bits per heavy atom. The molecular weight excluding hydrogens is 662 g/mol. The minimum absolute atomic E-state index is 0.213. The fourth-order valence-corrected chi connectivity index (χ4v) is 7.01. The number of nitrogens with zero attached hydrogens (tertiary/aromatic N) is 2. The zero-order valence-corrected chi connectivity index (χ0v) is 22.3. The number of allylic oxidation sites excluding steroid dienone is 1. The van der Waals surface area contributed by atoms with E-state index >= 15 is 0 Å². The van der Waals surface area contributed by atoms with Crippen molar-refractivity contribution in [1.82, 2.24) is 4.57 Å². The van der Waals surface area contributed by atoms with Crippen LogP contribution in [0.2, 0.25) is 0 Å². The molecule has 1 aromatic carbocycles. The lowest BCUT2D eigenvalue weighted by atomic mass is 10.0. The van der Waals surface area contributed by atoms with Crippen molar-refractivity contribution in [1.29, 1.82) is 0 Å². The van der Waals surface area contributed by atoms with Crippen LogP contribution in [0.5, 0.6) is 5.75 Å². The molecule has 1 aliphatic heterocycles. The first-order valence-electron chi connectivity index (χ1n) is 9.23. The predicted molar refractivity (Wildman–Crippen MR) is 138 cm³/mol. The van der Waals surface area contributed by atoms with Gasteiger partial charge in [-0.3, -0.25) is 9.36 Å². The van der Waals surface area contributed by atoms with Gasteiger partial charge in [0.25, 0.3) is 5.56 Å². The largest absolute Gasteiger partial charge is 0.506 e. The predicted octanol–water partition coefficient (Wildman–Crippen LogP) is 3.77. The Hall–Kier alpha value is -1.51. The van der Waals surface area contributed by atoms with Crippen LogP contribution in [0.25, 0.3) is 6.08 Å². The SMILES string of the molecule is CCOC(=O)C1=C(C)N=c2s/c(=C\c3cc(I)c(O)c(I)c3)c(=O)n2[C@H]1c1cccs1. The number of esters is 1. The number of carbonyl (C=O) groups excluding carboxylic acids is 1. The number of carbonyl (C=O) groups is 1. The van der Waals surface area contributed by atoms with Crippen LogP contribution in [-0.4, -0.2) is 22.2 Å². The van der Waals surface area contributed by atoms with Crippen molar-refractivity contribution >= 4 is 79.9 Å². The van der Waals surface area contributed by atoms with E-state index in [-0.39, 0.29) is 17.9 Å². The van der Waals surface area contributed by atoms with Crippen molar-refractivity contribution < 1.29 is 14.6 Å². The molecule has 10 heteroatoms. The quantitative estimate of drug-likeness (QED) is 0.337. The van der Waals surface area contributed by atoms with Crippen molar-refractivity contribution in [3.05, 3.63) is 78.2 Å². The average Bonchev–Trinajstić information content (AvgIpc) is 3.34. The highest BCUT2D eigenvalue weighted by molar-refractivity contribution is 14.1. The monoisotopic (exact) mass is 678 g/mol. The number of hydrogen-bond acceptors (Lipinski definition) is 7. The summed E-state index contributed by atoms with van der Waals surface area (Å²) >= 11 is 6.90. The molecule has 160 valence electrons. The van der Waals surface area contributed by atoms with Gasteiger partial charge in [-0.15, -0.1) is 11.3 Å². The number of fused-ring (bicyclic) bond motifs is 1. The van der Waals surface area contributed by atoms with Crippen molar-refractivity contribution in [3.8, 4) is 5.75 Å². The summed E-state index contributed by atoms with van der Waals surface area (Å²) in [5, 5.41) is 11.9. The smallest absolute Gasteiger partial charge is 0.338 e. The minimum Gasteiger partial charge on any atom is -0.506 e. The molecule has 0 radical (unpaired) electrons. The van der Waals surface area contributed by atoms with Gasteiger partial charge < -0.3 is 9.84 Å². The molecule has 0 fully saturated rings. The van der Waals surface area contributed by atoms with Crippen LogP contribution in [0.3, 0.4) is 0 Å². The number of halogens is 2. The highest BCUT2D eigenvalue weighted by Crippen LogP contribution is 2.33. The molecule has 4 rings (SSSR count).